The summed E-state index contributed by atoms with van der Waals surface area (Å²) in [5, 5.41) is 0. The monoisotopic (exact) mass is 412 g/mol. The fourth-order valence-corrected chi connectivity index (χ4v) is 3.88. The van der Waals surface area contributed by atoms with E-state index in [4.69, 9.17) is 9.47 Å². The third-order valence-electron chi connectivity index (χ3n) is 5.76. The van der Waals surface area contributed by atoms with Crippen LogP contribution in [0, 0.1) is 0 Å². The fourth-order valence-electron chi connectivity index (χ4n) is 3.88. The molecule has 0 aliphatic carbocycles. The number of rotatable bonds is 3. The molecule has 2 aliphatic heterocycles. The summed E-state index contributed by atoms with van der Waals surface area (Å²) in [5.41, 5.74) is 1.61. The highest BCUT2D eigenvalue weighted by Crippen LogP contribution is 2.38. The van der Waals surface area contributed by atoms with Crippen molar-refractivity contribution in [2.45, 2.75) is 25.4 Å². The first-order valence-corrected chi connectivity index (χ1v) is 10.1. The van der Waals surface area contributed by atoms with E-state index in [1.807, 2.05) is 18.2 Å². The number of ether oxygens (including phenoxy) is 2. The smallest absolute Gasteiger partial charge is 0.337 e. The lowest BCUT2D eigenvalue weighted by atomic mass is 9.95. The number of nitrogens with zero attached hydrogens (tertiary/aromatic N) is 2. The zero-order valence-corrected chi connectivity index (χ0v) is 17.2. The van der Waals surface area contributed by atoms with Crippen molar-refractivity contribution in [3.63, 3.8) is 0 Å². The lowest BCUT2D eigenvalue weighted by molar-refractivity contribution is 0.0502. The molecule has 7 heteroatoms. The van der Waals surface area contributed by atoms with Gasteiger partial charge < -0.3 is 19.3 Å². The molecule has 158 valence electrons. The molecule has 0 radical (unpaired) electrons. The van der Waals surface area contributed by atoms with Gasteiger partial charge in [0.05, 0.1) is 24.9 Å². The molecule has 2 aliphatic rings. The summed E-state index contributed by atoms with van der Waals surface area (Å²) in [5.74, 6) is 0.158. The molecule has 30 heavy (non-hydrogen) atoms. The minimum absolute atomic E-state index is 0.101. The summed E-state index contributed by atoms with van der Waals surface area (Å²) in [6.07, 6.45) is 0.713. The average Bonchev–Trinajstić information content (AvgIpc) is 2.77. The first-order chi connectivity index (χ1) is 14.4. The van der Waals surface area contributed by atoms with Crippen LogP contribution in [-0.2, 0) is 4.74 Å². The molecule has 1 saturated heterocycles. The third-order valence-corrected chi connectivity index (χ3v) is 5.76. The molecule has 0 atom stereocenters. The van der Waals surface area contributed by atoms with Crippen molar-refractivity contribution in [2.24, 2.45) is 0 Å². The second kappa shape index (κ2) is 7.97. The van der Waals surface area contributed by atoms with Crippen LogP contribution in [0.1, 0.15) is 40.5 Å². The Hall–Kier alpha value is -3.09. The van der Waals surface area contributed by atoms with Gasteiger partial charge in [-0.25, -0.2) is 9.18 Å². The van der Waals surface area contributed by atoms with E-state index in [1.165, 1.54) is 7.11 Å². The molecule has 2 aromatic carbocycles. The van der Waals surface area contributed by atoms with Gasteiger partial charge in [-0.2, -0.15) is 0 Å². The molecule has 0 bridgehead atoms. The van der Waals surface area contributed by atoms with Crippen molar-refractivity contribution in [1.29, 1.82) is 0 Å². The maximum Gasteiger partial charge on any atom is 0.337 e. The number of carbonyl (C=O) groups is 2. The molecule has 2 heterocycles. The van der Waals surface area contributed by atoms with Crippen LogP contribution in [0.2, 0.25) is 0 Å². The number of anilines is 2. The van der Waals surface area contributed by atoms with Gasteiger partial charge in [0.15, 0.2) is 0 Å². The summed E-state index contributed by atoms with van der Waals surface area (Å²) in [6, 6.07) is 12.6. The van der Waals surface area contributed by atoms with Gasteiger partial charge >= 0.3 is 5.97 Å². The maximum absolute atomic E-state index is 14.0. The first-order valence-electron chi connectivity index (χ1n) is 10.1. The van der Waals surface area contributed by atoms with Crippen LogP contribution in [0.5, 0.6) is 5.75 Å². The largest absolute Gasteiger partial charge is 0.490 e. The number of likely N-dealkylation sites (tertiary alicyclic amines) is 1. The van der Waals surface area contributed by atoms with Crippen molar-refractivity contribution < 1.29 is 23.5 Å². The lowest BCUT2D eigenvalue weighted by Crippen LogP contribution is -2.43. The molecule has 6 nitrogen and oxygen atoms in total. The maximum atomic E-state index is 14.0. The van der Waals surface area contributed by atoms with Crippen molar-refractivity contribution in [2.75, 3.05) is 38.3 Å². The lowest BCUT2D eigenvalue weighted by Gasteiger charge is -2.35. The Labute approximate surface area is 175 Å². The van der Waals surface area contributed by atoms with Gasteiger partial charge in [0.2, 0.25) is 0 Å². The zero-order chi connectivity index (χ0) is 21.3. The number of halogens is 1. The Morgan fingerprint density at radius 2 is 1.70 bits per heavy atom. The van der Waals surface area contributed by atoms with Gasteiger partial charge in [-0.3, -0.25) is 4.79 Å². The summed E-state index contributed by atoms with van der Waals surface area (Å²) in [6.45, 7) is 3.56. The van der Waals surface area contributed by atoms with Gasteiger partial charge in [-0.15, -0.1) is 0 Å². The number of carbonyl (C=O) groups excluding carboxylic acids is 2. The molecular formula is C23H25FN2O4. The van der Waals surface area contributed by atoms with E-state index in [0.29, 0.717) is 56.0 Å². The van der Waals surface area contributed by atoms with Crippen molar-refractivity contribution in [3.05, 3.63) is 53.6 Å². The quantitative estimate of drug-likeness (QED) is 0.714. The van der Waals surface area contributed by atoms with Crippen molar-refractivity contribution in [3.8, 4) is 5.75 Å². The molecule has 0 N–H and O–H groups in total. The minimum atomic E-state index is -1.19. The standard InChI is InChI=1S/C23H25FN2O4/c1-23(24)9-11-25(12-10-23)21(27)17-5-8-19-20(15-17)30-14-13-26(19)18-6-3-16(4-7-18)22(28)29-2/h3-8,15H,9-14H2,1-2H3. The minimum Gasteiger partial charge on any atom is -0.490 e. The number of piperidine rings is 1. The molecule has 0 aromatic heterocycles. The van der Waals surface area contributed by atoms with Crippen LogP contribution >= 0.6 is 0 Å². The molecule has 2 aromatic rings. The Morgan fingerprint density at radius 3 is 2.37 bits per heavy atom. The zero-order valence-electron chi connectivity index (χ0n) is 17.2. The van der Waals surface area contributed by atoms with Crippen LogP contribution in [0.15, 0.2) is 42.5 Å². The third kappa shape index (κ3) is 3.97. The Morgan fingerprint density at radius 1 is 1.03 bits per heavy atom. The first kappa shape index (κ1) is 20.2. The number of hydrogen-bond acceptors (Lipinski definition) is 5. The predicted molar refractivity (Wildman–Crippen MR) is 111 cm³/mol. The number of benzene rings is 2. The van der Waals surface area contributed by atoms with E-state index in [1.54, 1.807) is 36.1 Å². The van der Waals surface area contributed by atoms with E-state index < -0.39 is 5.67 Å². The van der Waals surface area contributed by atoms with Gasteiger partial charge in [0.25, 0.3) is 5.91 Å². The fraction of sp³-hybridized carbons (Fsp3) is 0.391. The molecular weight excluding hydrogens is 387 g/mol. The van der Waals surface area contributed by atoms with Gasteiger partial charge in [-0.1, -0.05) is 0 Å². The molecule has 0 spiro atoms. The highest BCUT2D eigenvalue weighted by atomic mass is 19.1. The van der Waals surface area contributed by atoms with E-state index in [0.717, 1.165) is 11.4 Å². The normalized spacial score (nSPS) is 17.7. The number of fused-ring (bicyclic) bond motifs is 1. The number of amides is 1. The summed E-state index contributed by atoms with van der Waals surface area (Å²) in [7, 11) is 1.35. The van der Waals surface area contributed by atoms with Crippen LogP contribution in [-0.4, -0.2) is 55.8 Å². The molecule has 4 rings (SSSR count). The van der Waals surface area contributed by atoms with E-state index in [-0.39, 0.29) is 11.9 Å². The predicted octanol–water partition coefficient (Wildman–Crippen LogP) is 3.97. The molecule has 0 saturated carbocycles. The highest BCUT2D eigenvalue weighted by molar-refractivity contribution is 5.96. The van der Waals surface area contributed by atoms with Crippen molar-refractivity contribution in [1.82, 2.24) is 4.90 Å². The second-order valence-electron chi connectivity index (χ2n) is 7.93. The van der Waals surface area contributed by atoms with Gasteiger partial charge in [0, 0.05) is 24.3 Å². The number of esters is 1. The number of methoxy groups -OCH3 is 1. The van der Waals surface area contributed by atoms with E-state index >= 15 is 0 Å². The van der Waals surface area contributed by atoms with Gasteiger partial charge in [0.1, 0.15) is 18.0 Å². The highest BCUT2D eigenvalue weighted by Gasteiger charge is 2.32. The SMILES string of the molecule is COC(=O)c1ccc(N2CCOc3cc(C(=O)N4CCC(C)(F)CC4)ccc32)cc1. The van der Waals surface area contributed by atoms with Gasteiger partial charge in [-0.05, 0) is 62.2 Å². The average molecular weight is 412 g/mol. The summed E-state index contributed by atoms with van der Waals surface area (Å²) in [4.78, 5) is 28.3. The van der Waals surface area contributed by atoms with Crippen LogP contribution in [0.3, 0.4) is 0 Å². The summed E-state index contributed by atoms with van der Waals surface area (Å²) < 4.78 is 24.6. The second-order valence-corrected chi connectivity index (χ2v) is 7.93. The molecule has 0 unspecified atom stereocenters. The number of alkyl halides is 1. The van der Waals surface area contributed by atoms with Crippen molar-refractivity contribution >= 4 is 23.3 Å². The van der Waals surface area contributed by atoms with E-state index in [2.05, 4.69) is 4.90 Å². The Bertz CT molecular complexity index is 948. The number of hydrogen-bond donors (Lipinski definition) is 0. The van der Waals surface area contributed by atoms with Crippen LogP contribution in [0.4, 0.5) is 15.8 Å². The Kier molecular flexibility index (Phi) is 5.37. The summed E-state index contributed by atoms with van der Waals surface area (Å²) >= 11 is 0. The van der Waals surface area contributed by atoms with Crippen LogP contribution in [0.25, 0.3) is 0 Å². The van der Waals surface area contributed by atoms with Crippen LogP contribution < -0.4 is 9.64 Å². The molecule has 1 fully saturated rings. The topological polar surface area (TPSA) is 59.1 Å². The molecule has 1 amide bonds. The Balaban J connectivity index is 1.54. The van der Waals surface area contributed by atoms with E-state index in [9.17, 15) is 14.0 Å².